The van der Waals surface area contributed by atoms with E-state index in [1.807, 2.05) is 54.6 Å². The normalized spacial score (nSPS) is 13.3. The van der Waals surface area contributed by atoms with Crippen LogP contribution < -0.4 is 21.3 Å². The topological polar surface area (TPSA) is 202 Å². The average Bonchev–Trinajstić information content (AvgIpc) is 3.56. The van der Waals surface area contributed by atoms with E-state index in [9.17, 15) is 33.9 Å². The van der Waals surface area contributed by atoms with Crippen molar-refractivity contribution in [2.45, 2.75) is 62.6 Å². The van der Waals surface area contributed by atoms with Gasteiger partial charge in [0.15, 0.2) is 0 Å². The minimum Gasteiger partial charge on any atom is -0.480 e. The van der Waals surface area contributed by atoms with Crippen molar-refractivity contribution in [2.75, 3.05) is 20.3 Å². The molecule has 1 aliphatic carbocycles. The lowest BCUT2D eigenvalue weighted by Crippen LogP contribution is -2.56. The van der Waals surface area contributed by atoms with Crippen LogP contribution in [0, 0.1) is 0 Å². The first-order chi connectivity index (χ1) is 28.1. The van der Waals surface area contributed by atoms with Crippen LogP contribution >= 0.6 is 0 Å². The zero-order valence-electron chi connectivity index (χ0n) is 32.1. The van der Waals surface area contributed by atoms with Gasteiger partial charge in [0.25, 0.3) is 0 Å². The quantitative estimate of drug-likeness (QED) is 0.0481. The molecule has 14 heteroatoms. The number of alkyl carbamates (subject to hydrolysis) is 1. The van der Waals surface area contributed by atoms with Gasteiger partial charge < -0.3 is 35.8 Å². The van der Waals surface area contributed by atoms with E-state index in [1.165, 1.54) is 13.2 Å². The molecule has 5 N–H and O–H groups in total. The summed E-state index contributed by atoms with van der Waals surface area (Å²) in [5.41, 5.74) is 5.55. The second kappa shape index (κ2) is 21.5. The summed E-state index contributed by atoms with van der Waals surface area (Å²) in [5, 5.41) is 20.4. The zero-order valence-corrected chi connectivity index (χ0v) is 32.1. The van der Waals surface area contributed by atoms with Crippen molar-refractivity contribution >= 4 is 41.8 Å². The molecule has 1 aromatic heterocycles. The summed E-state index contributed by atoms with van der Waals surface area (Å²) in [5.74, 6) is -4.06. The number of amides is 4. The number of nitrogens with one attached hydrogen (secondary N) is 4. The predicted molar refractivity (Wildman–Crippen MR) is 215 cm³/mol. The fraction of sp³-hybridized carbons (Fsp3) is 0.295. The van der Waals surface area contributed by atoms with Crippen LogP contribution in [0.4, 0.5) is 4.79 Å². The van der Waals surface area contributed by atoms with Gasteiger partial charge in [-0.3, -0.25) is 24.2 Å². The maximum atomic E-state index is 13.9. The van der Waals surface area contributed by atoms with Gasteiger partial charge in [-0.05, 0) is 71.2 Å². The first-order valence-electron chi connectivity index (χ1n) is 19.0. The van der Waals surface area contributed by atoms with Crippen molar-refractivity contribution in [1.29, 1.82) is 0 Å². The monoisotopic (exact) mass is 789 g/mol. The molecule has 0 fully saturated rings. The molecular formula is C44H47N5O9. The molecule has 1 aliphatic rings. The molecule has 4 aromatic rings. The van der Waals surface area contributed by atoms with Crippen LogP contribution in [0.2, 0.25) is 0 Å². The summed E-state index contributed by atoms with van der Waals surface area (Å²) in [4.78, 5) is 81.5. The largest absolute Gasteiger partial charge is 0.480 e. The van der Waals surface area contributed by atoms with Crippen molar-refractivity contribution in [3.05, 3.63) is 132 Å². The second-order valence-corrected chi connectivity index (χ2v) is 13.7. The third kappa shape index (κ3) is 12.3. The van der Waals surface area contributed by atoms with E-state index >= 15 is 0 Å². The number of carbonyl (C=O) groups excluding carboxylic acids is 5. The molecule has 5 rings (SSSR count). The molecule has 0 saturated heterocycles. The summed E-state index contributed by atoms with van der Waals surface area (Å²) in [6.07, 6.45) is 5.82. The number of esters is 1. The number of unbranched alkanes of at least 4 members (excludes halogenated alkanes) is 1. The van der Waals surface area contributed by atoms with E-state index in [0.717, 1.165) is 27.8 Å². The number of ether oxygens (including phenoxy) is 2. The predicted octanol–water partition coefficient (Wildman–Crippen LogP) is 4.54. The number of carboxylic acid groups (broad SMARTS) is 1. The first-order valence-corrected chi connectivity index (χ1v) is 19.0. The Morgan fingerprint density at radius 1 is 0.759 bits per heavy atom. The molecular weight excluding hydrogens is 743 g/mol. The van der Waals surface area contributed by atoms with Gasteiger partial charge in [0.1, 0.15) is 24.7 Å². The fourth-order valence-electron chi connectivity index (χ4n) is 6.67. The molecule has 3 atom stereocenters. The standard InChI is InChI=1S/C44H47N5O9/c1-57-40(51)23-21-37(42(53)48-38(43(54)55)26-29-12-3-2-4-13-29)47-41(52)36(19-9-10-25-46-39(50)22-20-30-14-11-24-45-27-30)49-44(56)58-28-35-33-17-7-5-15-31(33)32-16-6-8-18-34(32)35/h2-8,11-18,20,22,24,27,35-38H,9-10,19,21,23,25-26,28H2,1H3,(H,46,50)(H,47,52)(H,48,53)(H,49,56)(H,54,55)/b22-20+/t36-,37-,38-/m0/s1. The van der Waals surface area contributed by atoms with E-state index in [1.54, 1.807) is 54.9 Å². The van der Waals surface area contributed by atoms with Gasteiger partial charge in [-0.2, -0.15) is 0 Å². The highest BCUT2D eigenvalue weighted by atomic mass is 16.5. The highest BCUT2D eigenvalue weighted by molar-refractivity contribution is 5.93. The zero-order chi connectivity index (χ0) is 41.3. The molecule has 58 heavy (non-hydrogen) atoms. The molecule has 0 unspecified atom stereocenters. The van der Waals surface area contributed by atoms with Crippen LogP contribution in [-0.4, -0.2) is 84.2 Å². The van der Waals surface area contributed by atoms with E-state index < -0.39 is 48.0 Å². The van der Waals surface area contributed by atoms with Gasteiger partial charge in [0.2, 0.25) is 17.7 Å². The van der Waals surface area contributed by atoms with Crippen molar-refractivity contribution in [1.82, 2.24) is 26.3 Å². The number of rotatable bonds is 20. The van der Waals surface area contributed by atoms with Crippen LogP contribution in [0.25, 0.3) is 17.2 Å². The van der Waals surface area contributed by atoms with Crippen LogP contribution in [0.15, 0.2) is 109 Å². The smallest absolute Gasteiger partial charge is 0.407 e. The minimum absolute atomic E-state index is 0.00502. The SMILES string of the molecule is COC(=O)CC[C@H](NC(=O)[C@H](CCCCNC(=O)/C=C/c1cccnc1)NC(=O)OCC1c2ccccc2-c2ccccc21)C(=O)N[C@@H](Cc1ccccc1)C(=O)O. The lowest BCUT2D eigenvalue weighted by Gasteiger charge is -2.24. The van der Waals surface area contributed by atoms with E-state index in [2.05, 4.69) is 26.3 Å². The third-order valence-corrected chi connectivity index (χ3v) is 9.68. The molecule has 0 saturated carbocycles. The average molecular weight is 790 g/mol. The van der Waals surface area contributed by atoms with Gasteiger partial charge in [-0.1, -0.05) is 84.9 Å². The molecule has 0 aliphatic heterocycles. The third-order valence-electron chi connectivity index (χ3n) is 9.68. The number of nitrogens with zero attached hydrogens (tertiary/aromatic N) is 1. The summed E-state index contributed by atoms with van der Waals surface area (Å²) in [6.45, 7) is 0.270. The lowest BCUT2D eigenvalue weighted by molar-refractivity contribution is -0.143. The van der Waals surface area contributed by atoms with Crippen LogP contribution in [0.5, 0.6) is 0 Å². The minimum atomic E-state index is -1.36. The number of hydrogen-bond acceptors (Lipinski definition) is 9. The van der Waals surface area contributed by atoms with Gasteiger partial charge in [0.05, 0.1) is 7.11 Å². The number of carboxylic acids is 1. The molecule has 0 radical (unpaired) electrons. The van der Waals surface area contributed by atoms with Gasteiger partial charge in [-0.25, -0.2) is 9.59 Å². The Balaban J connectivity index is 1.26. The van der Waals surface area contributed by atoms with Gasteiger partial charge in [-0.15, -0.1) is 0 Å². The van der Waals surface area contributed by atoms with Crippen LogP contribution in [0.1, 0.15) is 60.3 Å². The fourth-order valence-corrected chi connectivity index (χ4v) is 6.67. The number of fused-ring (bicyclic) bond motifs is 3. The lowest BCUT2D eigenvalue weighted by atomic mass is 9.98. The van der Waals surface area contributed by atoms with Crippen LogP contribution in [-0.2, 0) is 39.9 Å². The molecule has 0 bridgehead atoms. The highest BCUT2D eigenvalue weighted by Gasteiger charge is 2.32. The van der Waals surface area contributed by atoms with Crippen LogP contribution in [0.3, 0.4) is 0 Å². The number of hydrogen-bond donors (Lipinski definition) is 5. The molecule has 4 amide bonds. The number of aromatic nitrogens is 1. The summed E-state index contributed by atoms with van der Waals surface area (Å²) < 4.78 is 10.5. The summed E-state index contributed by atoms with van der Waals surface area (Å²) in [6, 6.07) is 24.1. The highest BCUT2D eigenvalue weighted by Crippen LogP contribution is 2.44. The van der Waals surface area contributed by atoms with Crippen molar-refractivity contribution in [3.63, 3.8) is 0 Å². The second-order valence-electron chi connectivity index (χ2n) is 13.7. The van der Waals surface area contributed by atoms with Gasteiger partial charge in [0, 0.05) is 43.8 Å². The van der Waals surface area contributed by atoms with E-state index in [4.69, 9.17) is 9.47 Å². The Kier molecular flexibility index (Phi) is 15.7. The Morgan fingerprint density at radius 2 is 1.40 bits per heavy atom. The number of benzene rings is 3. The maximum Gasteiger partial charge on any atom is 0.407 e. The van der Waals surface area contributed by atoms with E-state index in [-0.39, 0.29) is 50.7 Å². The van der Waals surface area contributed by atoms with Crippen molar-refractivity contribution < 1.29 is 43.3 Å². The number of pyridine rings is 1. The number of aliphatic carboxylic acids is 1. The molecule has 14 nitrogen and oxygen atoms in total. The number of methoxy groups -OCH3 is 1. The summed E-state index contributed by atoms with van der Waals surface area (Å²) >= 11 is 0. The van der Waals surface area contributed by atoms with Crippen molar-refractivity contribution in [3.8, 4) is 11.1 Å². The Labute approximate surface area is 336 Å². The Morgan fingerprint density at radius 3 is 2.03 bits per heavy atom. The Hall–Kier alpha value is -6.83. The van der Waals surface area contributed by atoms with Crippen molar-refractivity contribution in [2.24, 2.45) is 0 Å². The first kappa shape index (κ1) is 42.3. The van der Waals surface area contributed by atoms with Gasteiger partial charge >= 0.3 is 18.0 Å². The maximum absolute atomic E-state index is 13.9. The molecule has 302 valence electrons. The Bertz CT molecular complexity index is 2030. The summed E-state index contributed by atoms with van der Waals surface area (Å²) in [7, 11) is 1.18. The molecule has 1 heterocycles. The number of carbonyl (C=O) groups is 6. The van der Waals surface area contributed by atoms with E-state index in [0.29, 0.717) is 18.4 Å². The molecule has 0 spiro atoms. The molecule has 3 aromatic carbocycles.